The van der Waals surface area contributed by atoms with Crippen molar-refractivity contribution >= 4 is 21.9 Å². The second kappa shape index (κ2) is 5.42. The molecule has 0 bridgehead atoms. The number of alkyl halides is 4. The molecule has 0 amide bonds. The van der Waals surface area contributed by atoms with Crippen LogP contribution < -0.4 is 9.47 Å². The van der Waals surface area contributed by atoms with Crippen molar-refractivity contribution < 1.29 is 32.5 Å². The molecule has 1 aromatic rings. The van der Waals surface area contributed by atoms with Crippen molar-refractivity contribution in [3.05, 3.63) is 17.3 Å². The quantitative estimate of drug-likeness (QED) is 0.860. The van der Waals surface area contributed by atoms with Gasteiger partial charge in [0.1, 0.15) is 5.56 Å². The number of rotatable bonds is 4. The highest BCUT2D eigenvalue weighted by Crippen LogP contribution is 2.33. The summed E-state index contributed by atoms with van der Waals surface area (Å²) in [6.07, 6.45) is -4.34. The first kappa shape index (κ1) is 14.6. The van der Waals surface area contributed by atoms with Crippen molar-refractivity contribution in [3.8, 4) is 11.6 Å². The van der Waals surface area contributed by atoms with Crippen LogP contribution in [0.4, 0.5) is 13.2 Å². The molecule has 0 aromatic carbocycles. The lowest BCUT2D eigenvalue weighted by Crippen LogP contribution is -2.20. The van der Waals surface area contributed by atoms with Crippen molar-refractivity contribution in [1.29, 1.82) is 0 Å². The Bertz CT molecular complexity index is 464. The Balaban J connectivity index is 3.39. The van der Waals surface area contributed by atoms with Gasteiger partial charge in [0, 0.05) is 10.9 Å². The van der Waals surface area contributed by atoms with Crippen LogP contribution in [0.5, 0.6) is 11.6 Å². The number of aromatic carboxylic acids is 1. The van der Waals surface area contributed by atoms with Crippen molar-refractivity contribution in [1.82, 2.24) is 4.98 Å². The van der Waals surface area contributed by atoms with Crippen LogP contribution in [0.2, 0.25) is 0 Å². The van der Waals surface area contributed by atoms with Gasteiger partial charge in [-0.15, -0.1) is 13.2 Å². The zero-order valence-corrected chi connectivity index (χ0v) is 10.5. The van der Waals surface area contributed by atoms with Gasteiger partial charge in [-0.2, -0.15) is 0 Å². The van der Waals surface area contributed by atoms with Crippen LogP contribution in [0.3, 0.4) is 0 Å². The van der Waals surface area contributed by atoms with Crippen molar-refractivity contribution in [2.75, 3.05) is 7.11 Å². The van der Waals surface area contributed by atoms with Gasteiger partial charge < -0.3 is 14.6 Å². The molecule has 100 valence electrons. The van der Waals surface area contributed by atoms with Gasteiger partial charge in [0.15, 0.2) is 5.75 Å². The summed E-state index contributed by atoms with van der Waals surface area (Å²) in [5.74, 6) is -2.53. The average Bonchev–Trinajstić information content (AvgIpc) is 2.25. The smallest absolute Gasteiger partial charge is 0.481 e. The summed E-state index contributed by atoms with van der Waals surface area (Å²) in [5, 5.41) is 8.90. The molecule has 0 fully saturated rings. The Hall–Kier alpha value is -1.51. The molecule has 0 atom stereocenters. The van der Waals surface area contributed by atoms with E-state index >= 15 is 0 Å². The SMILES string of the molecule is COc1ncc(OC(F)(F)F)c(C(=O)O)c1CBr. The summed E-state index contributed by atoms with van der Waals surface area (Å²) < 4.78 is 44.7. The van der Waals surface area contributed by atoms with Gasteiger partial charge in [0.2, 0.25) is 5.88 Å². The zero-order chi connectivity index (χ0) is 13.9. The van der Waals surface area contributed by atoms with Crippen LogP contribution in [0, 0.1) is 0 Å². The first-order valence-corrected chi connectivity index (χ1v) is 5.53. The third-order valence-corrected chi connectivity index (χ3v) is 2.43. The van der Waals surface area contributed by atoms with Gasteiger partial charge >= 0.3 is 12.3 Å². The second-order valence-corrected chi connectivity index (χ2v) is 3.53. The average molecular weight is 330 g/mol. The molecule has 0 unspecified atom stereocenters. The molecule has 0 aliphatic rings. The minimum atomic E-state index is -5.00. The number of carboxylic acids is 1. The highest BCUT2D eigenvalue weighted by Gasteiger charge is 2.34. The van der Waals surface area contributed by atoms with E-state index < -0.39 is 23.6 Å². The number of hydrogen-bond acceptors (Lipinski definition) is 4. The number of pyridine rings is 1. The largest absolute Gasteiger partial charge is 0.573 e. The molecule has 18 heavy (non-hydrogen) atoms. The van der Waals surface area contributed by atoms with Gasteiger partial charge in [-0.3, -0.25) is 0 Å². The summed E-state index contributed by atoms with van der Waals surface area (Å²) >= 11 is 2.96. The molecule has 1 aromatic heterocycles. The Morgan fingerprint density at radius 1 is 1.56 bits per heavy atom. The summed E-state index contributed by atoms with van der Waals surface area (Å²) in [5.41, 5.74) is -0.678. The van der Waals surface area contributed by atoms with E-state index in [1.165, 1.54) is 7.11 Å². The van der Waals surface area contributed by atoms with Crippen LogP contribution in [-0.2, 0) is 5.33 Å². The number of carbonyl (C=O) groups is 1. The molecule has 0 saturated heterocycles. The van der Waals surface area contributed by atoms with Gasteiger partial charge in [-0.25, -0.2) is 9.78 Å². The third kappa shape index (κ3) is 3.25. The Kier molecular flexibility index (Phi) is 4.38. The zero-order valence-electron chi connectivity index (χ0n) is 8.92. The highest BCUT2D eigenvalue weighted by molar-refractivity contribution is 9.08. The molecule has 9 heteroatoms. The number of hydrogen-bond donors (Lipinski definition) is 1. The Morgan fingerprint density at radius 3 is 2.56 bits per heavy atom. The van der Waals surface area contributed by atoms with E-state index in [0.29, 0.717) is 6.20 Å². The van der Waals surface area contributed by atoms with Crippen molar-refractivity contribution in [2.45, 2.75) is 11.7 Å². The first-order chi connectivity index (χ1) is 8.30. The van der Waals surface area contributed by atoms with E-state index in [-0.39, 0.29) is 16.8 Å². The van der Waals surface area contributed by atoms with Gasteiger partial charge in [-0.05, 0) is 0 Å². The van der Waals surface area contributed by atoms with Gasteiger partial charge in [-0.1, -0.05) is 15.9 Å². The number of halogens is 4. The normalized spacial score (nSPS) is 11.2. The maximum Gasteiger partial charge on any atom is 0.573 e. The predicted octanol–water partition coefficient (Wildman–Crippen LogP) is 2.58. The fourth-order valence-corrected chi connectivity index (χ4v) is 1.77. The summed E-state index contributed by atoms with van der Waals surface area (Å²) in [6, 6.07) is 0. The van der Waals surface area contributed by atoms with Crippen LogP contribution in [0.25, 0.3) is 0 Å². The lowest BCUT2D eigenvalue weighted by molar-refractivity contribution is -0.274. The minimum absolute atomic E-state index is 0.0354. The molecular formula is C9H7BrF3NO4. The monoisotopic (exact) mass is 329 g/mol. The number of carboxylic acid groups (broad SMARTS) is 1. The highest BCUT2D eigenvalue weighted by atomic mass is 79.9. The molecule has 1 N–H and O–H groups in total. The molecule has 0 aliphatic carbocycles. The third-order valence-electron chi connectivity index (χ3n) is 1.87. The van der Waals surface area contributed by atoms with Crippen LogP contribution in [0.1, 0.15) is 15.9 Å². The standard InChI is InChI=1S/C9H7BrF3NO4/c1-17-7-4(2-10)6(8(15)16)5(3-14-7)18-9(11,12)13/h3H,2H2,1H3,(H,15,16). The van der Waals surface area contributed by atoms with Crippen molar-refractivity contribution in [3.63, 3.8) is 0 Å². The minimum Gasteiger partial charge on any atom is -0.481 e. The molecule has 0 saturated carbocycles. The van der Waals surface area contributed by atoms with Gasteiger partial charge in [0.25, 0.3) is 0 Å². The topological polar surface area (TPSA) is 68.7 Å². The van der Waals surface area contributed by atoms with E-state index in [4.69, 9.17) is 9.84 Å². The molecule has 5 nitrogen and oxygen atoms in total. The van der Waals surface area contributed by atoms with Crippen molar-refractivity contribution in [2.24, 2.45) is 0 Å². The summed E-state index contributed by atoms with van der Waals surface area (Å²) in [7, 11) is 1.23. The number of nitrogens with zero attached hydrogens (tertiary/aromatic N) is 1. The fraction of sp³-hybridized carbons (Fsp3) is 0.333. The molecule has 1 rings (SSSR count). The lowest BCUT2D eigenvalue weighted by atomic mass is 10.1. The molecule has 0 radical (unpaired) electrons. The fourth-order valence-electron chi connectivity index (χ4n) is 1.25. The second-order valence-electron chi connectivity index (χ2n) is 2.97. The van der Waals surface area contributed by atoms with E-state index in [1.54, 1.807) is 0 Å². The first-order valence-electron chi connectivity index (χ1n) is 4.41. The number of aromatic nitrogens is 1. The maximum absolute atomic E-state index is 12.1. The van der Waals surface area contributed by atoms with Crippen LogP contribution in [0.15, 0.2) is 6.20 Å². The molecular weight excluding hydrogens is 323 g/mol. The lowest BCUT2D eigenvalue weighted by Gasteiger charge is -2.14. The summed E-state index contributed by atoms with van der Waals surface area (Å²) in [4.78, 5) is 14.6. The van der Waals surface area contributed by atoms with E-state index in [2.05, 4.69) is 25.7 Å². The Labute approximate surface area is 108 Å². The molecule has 1 heterocycles. The predicted molar refractivity (Wildman–Crippen MR) is 57.1 cm³/mol. The molecule has 0 aliphatic heterocycles. The van der Waals surface area contributed by atoms with E-state index in [9.17, 15) is 18.0 Å². The van der Waals surface area contributed by atoms with E-state index in [1.807, 2.05) is 0 Å². The summed E-state index contributed by atoms with van der Waals surface area (Å²) in [6.45, 7) is 0. The number of ether oxygens (including phenoxy) is 2. The Morgan fingerprint density at radius 2 is 2.17 bits per heavy atom. The van der Waals surface area contributed by atoms with Crippen LogP contribution in [-0.4, -0.2) is 29.5 Å². The molecule has 0 spiro atoms. The maximum atomic E-state index is 12.1. The van der Waals surface area contributed by atoms with E-state index in [0.717, 1.165) is 0 Å². The van der Waals surface area contributed by atoms with Crippen LogP contribution >= 0.6 is 15.9 Å². The van der Waals surface area contributed by atoms with Gasteiger partial charge in [0.05, 0.1) is 13.3 Å². The number of methoxy groups -OCH3 is 1.